The standard InChI is InChI=1S/C16H25NO/c1-8-10-11-14(3)17(16(5,6)7)12-13-18-15(4)9-2/h8-11H,1-4,12-13H2,5-7H3/b11-10-. The highest BCUT2D eigenvalue weighted by atomic mass is 16.5. The van der Waals surface area contributed by atoms with E-state index in [9.17, 15) is 0 Å². The summed E-state index contributed by atoms with van der Waals surface area (Å²) < 4.78 is 5.43. The van der Waals surface area contributed by atoms with Crippen LogP contribution in [0.4, 0.5) is 0 Å². The smallest absolute Gasteiger partial charge is 0.111 e. The summed E-state index contributed by atoms with van der Waals surface area (Å²) in [6, 6.07) is 0. The molecule has 18 heavy (non-hydrogen) atoms. The number of ether oxygens (including phenoxy) is 1. The van der Waals surface area contributed by atoms with Crippen molar-refractivity contribution >= 4 is 0 Å². The monoisotopic (exact) mass is 247 g/mol. The molecule has 0 heterocycles. The lowest BCUT2D eigenvalue weighted by Crippen LogP contribution is -2.41. The fourth-order valence-electron chi connectivity index (χ4n) is 1.51. The van der Waals surface area contributed by atoms with Gasteiger partial charge in [0.15, 0.2) is 0 Å². The molecule has 0 aliphatic carbocycles. The van der Waals surface area contributed by atoms with Crippen molar-refractivity contribution in [1.82, 2.24) is 4.90 Å². The zero-order chi connectivity index (χ0) is 14.2. The van der Waals surface area contributed by atoms with Gasteiger partial charge in [0.2, 0.25) is 0 Å². The highest BCUT2D eigenvalue weighted by Crippen LogP contribution is 2.19. The minimum Gasteiger partial charge on any atom is -0.492 e. The van der Waals surface area contributed by atoms with E-state index in [-0.39, 0.29) is 5.54 Å². The molecule has 0 atom stereocenters. The second-order valence-corrected chi connectivity index (χ2v) is 4.93. The van der Waals surface area contributed by atoms with E-state index in [0.29, 0.717) is 12.4 Å². The minimum atomic E-state index is -0.0124. The SMILES string of the molecule is C=C/C=C\C(=C)N(CCOC(=C)C=C)C(C)(C)C. The van der Waals surface area contributed by atoms with Crippen molar-refractivity contribution in [2.45, 2.75) is 26.3 Å². The van der Waals surface area contributed by atoms with E-state index in [1.807, 2.05) is 12.2 Å². The molecule has 0 bridgehead atoms. The lowest BCUT2D eigenvalue weighted by molar-refractivity contribution is 0.131. The van der Waals surface area contributed by atoms with Crippen molar-refractivity contribution in [2.24, 2.45) is 0 Å². The molecule has 2 heteroatoms. The van der Waals surface area contributed by atoms with Crippen LogP contribution in [-0.4, -0.2) is 23.6 Å². The average Bonchev–Trinajstić information content (AvgIpc) is 2.29. The molecule has 0 saturated carbocycles. The second-order valence-electron chi connectivity index (χ2n) is 4.93. The van der Waals surface area contributed by atoms with Crippen LogP contribution in [0.15, 0.2) is 62.1 Å². The second kappa shape index (κ2) is 7.59. The molecule has 0 spiro atoms. The van der Waals surface area contributed by atoms with Gasteiger partial charge in [-0.15, -0.1) is 0 Å². The third kappa shape index (κ3) is 6.14. The van der Waals surface area contributed by atoms with Gasteiger partial charge in [-0.2, -0.15) is 0 Å². The van der Waals surface area contributed by atoms with Crippen molar-refractivity contribution in [3.63, 3.8) is 0 Å². The molecule has 0 aliphatic heterocycles. The van der Waals surface area contributed by atoms with Crippen molar-refractivity contribution in [2.75, 3.05) is 13.2 Å². The normalized spacial score (nSPS) is 11.1. The summed E-state index contributed by atoms with van der Waals surface area (Å²) in [6.07, 6.45) is 7.17. The maximum Gasteiger partial charge on any atom is 0.111 e. The zero-order valence-corrected chi connectivity index (χ0v) is 11.9. The van der Waals surface area contributed by atoms with Crippen LogP contribution in [0, 0.1) is 0 Å². The van der Waals surface area contributed by atoms with Gasteiger partial charge < -0.3 is 9.64 Å². The highest BCUT2D eigenvalue weighted by molar-refractivity contribution is 5.19. The first-order chi connectivity index (χ1) is 8.32. The van der Waals surface area contributed by atoms with Crippen LogP contribution < -0.4 is 0 Å². The van der Waals surface area contributed by atoms with Gasteiger partial charge in [-0.25, -0.2) is 0 Å². The molecule has 2 nitrogen and oxygen atoms in total. The van der Waals surface area contributed by atoms with E-state index in [1.165, 1.54) is 0 Å². The maximum absolute atomic E-state index is 5.43. The van der Waals surface area contributed by atoms with Crippen LogP contribution in [0.2, 0.25) is 0 Å². The summed E-state index contributed by atoms with van der Waals surface area (Å²) in [5.41, 5.74) is 0.928. The van der Waals surface area contributed by atoms with Crippen LogP contribution in [0.25, 0.3) is 0 Å². The summed E-state index contributed by atoms with van der Waals surface area (Å²) in [5, 5.41) is 0. The Labute approximate surface area is 112 Å². The van der Waals surface area contributed by atoms with Crippen LogP contribution in [-0.2, 0) is 4.74 Å². The third-order valence-electron chi connectivity index (χ3n) is 2.41. The van der Waals surface area contributed by atoms with E-state index >= 15 is 0 Å². The molecule has 0 aliphatic rings. The molecular formula is C16H25NO. The van der Waals surface area contributed by atoms with Gasteiger partial charge in [-0.3, -0.25) is 0 Å². The van der Waals surface area contributed by atoms with Gasteiger partial charge in [0, 0.05) is 11.2 Å². The van der Waals surface area contributed by atoms with E-state index in [0.717, 1.165) is 12.2 Å². The Morgan fingerprint density at radius 2 is 1.83 bits per heavy atom. The Morgan fingerprint density at radius 1 is 1.22 bits per heavy atom. The first kappa shape index (κ1) is 16.3. The van der Waals surface area contributed by atoms with E-state index in [2.05, 4.69) is 52.0 Å². The fourth-order valence-corrected chi connectivity index (χ4v) is 1.51. The van der Waals surface area contributed by atoms with Gasteiger partial charge in [0.25, 0.3) is 0 Å². The first-order valence-corrected chi connectivity index (χ1v) is 6.02. The lowest BCUT2D eigenvalue weighted by Gasteiger charge is -2.38. The summed E-state index contributed by atoms with van der Waals surface area (Å²) in [6.45, 7) is 22.8. The van der Waals surface area contributed by atoms with E-state index < -0.39 is 0 Å². The molecule has 0 aromatic carbocycles. The van der Waals surface area contributed by atoms with E-state index in [1.54, 1.807) is 12.2 Å². The number of nitrogens with zero attached hydrogens (tertiary/aromatic N) is 1. The minimum absolute atomic E-state index is 0.0124. The molecular weight excluding hydrogens is 222 g/mol. The van der Waals surface area contributed by atoms with Gasteiger partial charge in [-0.05, 0) is 32.9 Å². The predicted molar refractivity (Wildman–Crippen MR) is 80.2 cm³/mol. The number of rotatable bonds is 8. The quantitative estimate of drug-likeness (QED) is 0.474. The Bertz CT molecular complexity index is 345. The molecule has 0 radical (unpaired) electrons. The first-order valence-electron chi connectivity index (χ1n) is 6.02. The van der Waals surface area contributed by atoms with Crippen LogP contribution in [0.1, 0.15) is 20.8 Å². The Hall–Kier alpha value is -1.70. The average molecular weight is 247 g/mol. The van der Waals surface area contributed by atoms with Crippen LogP contribution in [0.3, 0.4) is 0 Å². The Balaban J connectivity index is 4.56. The summed E-state index contributed by atoms with van der Waals surface area (Å²) in [7, 11) is 0. The van der Waals surface area contributed by atoms with Gasteiger partial charge in [-0.1, -0.05) is 38.5 Å². The topological polar surface area (TPSA) is 12.5 Å². The van der Waals surface area contributed by atoms with Crippen molar-refractivity contribution in [3.05, 3.63) is 62.1 Å². The molecule has 100 valence electrons. The van der Waals surface area contributed by atoms with E-state index in [4.69, 9.17) is 4.74 Å². The Kier molecular flexibility index (Phi) is 6.88. The van der Waals surface area contributed by atoms with Crippen molar-refractivity contribution in [1.29, 1.82) is 0 Å². The molecule has 0 aromatic heterocycles. The van der Waals surface area contributed by atoms with Gasteiger partial charge in [0.05, 0.1) is 6.54 Å². The largest absolute Gasteiger partial charge is 0.492 e. The van der Waals surface area contributed by atoms with Gasteiger partial charge >= 0.3 is 0 Å². The molecule has 0 amide bonds. The zero-order valence-electron chi connectivity index (χ0n) is 11.9. The molecule has 0 unspecified atom stereocenters. The fraction of sp³-hybridized carbons (Fsp3) is 0.375. The molecule has 0 saturated heterocycles. The Morgan fingerprint density at radius 3 is 2.28 bits per heavy atom. The molecule has 0 N–H and O–H groups in total. The van der Waals surface area contributed by atoms with Crippen LogP contribution in [0.5, 0.6) is 0 Å². The third-order valence-corrected chi connectivity index (χ3v) is 2.41. The molecule has 0 rings (SSSR count). The number of hydrogen-bond acceptors (Lipinski definition) is 2. The lowest BCUT2D eigenvalue weighted by atomic mass is 10.1. The predicted octanol–water partition coefficient (Wildman–Crippen LogP) is 4.06. The molecule has 0 aromatic rings. The summed E-state index contributed by atoms with van der Waals surface area (Å²) in [5.74, 6) is 0.594. The number of hydrogen-bond donors (Lipinski definition) is 0. The summed E-state index contributed by atoms with van der Waals surface area (Å²) >= 11 is 0. The maximum atomic E-state index is 5.43. The van der Waals surface area contributed by atoms with Gasteiger partial charge in [0.1, 0.15) is 12.4 Å². The van der Waals surface area contributed by atoms with Crippen LogP contribution >= 0.6 is 0 Å². The van der Waals surface area contributed by atoms with Crippen molar-refractivity contribution < 1.29 is 4.74 Å². The highest BCUT2D eigenvalue weighted by Gasteiger charge is 2.21. The van der Waals surface area contributed by atoms with Crippen molar-refractivity contribution in [3.8, 4) is 0 Å². The summed E-state index contributed by atoms with van der Waals surface area (Å²) in [4.78, 5) is 2.18. The number of allylic oxidation sites excluding steroid dienone is 4. The molecule has 0 fully saturated rings.